The molecule has 0 bridgehead atoms. The van der Waals surface area contributed by atoms with Gasteiger partial charge in [0.2, 0.25) is 0 Å². The molecule has 0 atom stereocenters. The zero-order valence-electron chi connectivity index (χ0n) is 9.78. The molecule has 0 saturated heterocycles. The Morgan fingerprint density at radius 3 is 2.35 bits per heavy atom. The minimum Gasteiger partial charge on any atom is -0.478 e. The molecule has 0 fully saturated rings. The van der Waals surface area contributed by atoms with Gasteiger partial charge in [-0.15, -0.1) is 0 Å². The summed E-state index contributed by atoms with van der Waals surface area (Å²) >= 11 is 0. The lowest BCUT2D eigenvalue weighted by Crippen LogP contribution is -2.05. The molecule has 0 aliphatic heterocycles. The maximum absolute atomic E-state index is 13.5. The first-order valence-electron chi connectivity index (χ1n) is 5.34. The number of carboxylic acids is 1. The quantitative estimate of drug-likeness (QED) is 0.858. The molecule has 104 valence electrons. The summed E-state index contributed by atoms with van der Waals surface area (Å²) in [6.45, 7) is 0. The maximum Gasteiger partial charge on any atom is 0.417 e. The summed E-state index contributed by atoms with van der Waals surface area (Å²) in [6.07, 6.45) is -2.75. The molecule has 0 radical (unpaired) electrons. The van der Waals surface area contributed by atoms with Crippen molar-refractivity contribution in [1.82, 2.24) is 4.98 Å². The fourth-order valence-corrected chi connectivity index (χ4v) is 1.62. The predicted octanol–water partition coefficient (Wildman–Crippen LogP) is 3.60. The third kappa shape index (κ3) is 2.76. The van der Waals surface area contributed by atoms with Gasteiger partial charge in [-0.05, 0) is 23.8 Å². The van der Waals surface area contributed by atoms with Crippen LogP contribution in [0.3, 0.4) is 0 Å². The van der Waals surface area contributed by atoms with Gasteiger partial charge in [0.1, 0.15) is 5.82 Å². The number of alkyl halides is 3. The second kappa shape index (κ2) is 4.92. The fraction of sp³-hybridized carbons (Fsp3) is 0.0769. The van der Waals surface area contributed by atoms with Gasteiger partial charge in [0.05, 0.1) is 11.1 Å². The molecule has 1 heterocycles. The zero-order chi connectivity index (χ0) is 14.9. The second-order valence-corrected chi connectivity index (χ2v) is 3.96. The second-order valence-electron chi connectivity index (χ2n) is 3.96. The number of benzene rings is 1. The average molecular weight is 285 g/mol. The summed E-state index contributed by atoms with van der Waals surface area (Å²) in [5.74, 6) is -2.47. The highest BCUT2D eigenvalue weighted by Gasteiger charge is 2.31. The highest BCUT2D eigenvalue weighted by molar-refractivity contribution is 5.88. The Balaban J connectivity index is 2.47. The number of hydrogen-bond acceptors (Lipinski definition) is 2. The van der Waals surface area contributed by atoms with Gasteiger partial charge in [-0.25, -0.2) is 9.18 Å². The lowest BCUT2D eigenvalue weighted by molar-refractivity contribution is -0.137. The Morgan fingerprint density at radius 1 is 1.10 bits per heavy atom. The van der Waals surface area contributed by atoms with Crippen molar-refractivity contribution in [2.24, 2.45) is 0 Å². The molecule has 3 nitrogen and oxygen atoms in total. The van der Waals surface area contributed by atoms with E-state index in [1.165, 1.54) is 6.07 Å². The Kier molecular flexibility index (Phi) is 3.44. The first-order chi connectivity index (χ1) is 9.29. The Morgan fingerprint density at radius 2 is 1.80 bits per heavy atom. The number of carboxylic acid groups (broad SMARTS) is 1. The van der Waals surface area contributed by atoms with Crippen LogP contribution in [0.2, 0.25) is 0 Å². The number of rotatable bonds is 2. The molecule has 2 aromatic rings. The van der Waals surface area contributed by atoms with Crippen molar-refractivity contribution in [3.8, 4) is 11.1 Å². The van der Waals surface area contributed by atoms with E-state index in [0.717, 1.165) is 24.4 Å². The number of aromatic nitrogens is 1. The minimum atomic E-state index is -4.55. The summed E-state index contributed by atoms with van der Waals surface area (Å²) in [5, 5.41) is 8.68. The van der Waals surface area contributed by atoms with Crippen LogP contribution in [-0.2, 0) is 6.18 Å². The number of pyridine rings is 1. The first-order valence-corrected chi connectivity index (χ1v) is 5.34. The smallest absolute Gasteiger partial charge is 0.417 e. The molecule has 1 aromatic heterocycles. The van der Waals surface area contributed by atoms with Gasteiger partial charge in [0, 0.05) is 18.0 Å². The molecule has 0 amide bonds. The molecule has 0 unspecified atom stereocenters. The summed E-state index contributed by atoms with van der Waals surface area (Å²) in [4.78, 5) is 14.1. The topological polar surface area (TPSA) is 50.2 Å². The SMILES string of the molecule is O=C(O)c1ccc(-c2cncc(C(F)(F)F)c2)cc1F. The van der Waals surface area contributed by atoms with E-state index in [0.29, 0.717) is 6.20 Å². The van der Waals surface area contributed by atoms with Gasteiger partial charge < -0.3 is 5.11 Å². The third-order valence-corrected chi connectivity index (χ3v) is 2.60. The zero-order valence-corrected chi connectivity index (χ0v) is 9.78. The molecule has 0 aliphatic rings. The van der Waals surface area contributed by atoms with Crippen LogP contribution in [-0.4, -0.2) is 16.1 Å². The fourth-order valence-electron chi connectivity index (χ4n) is 1.62. The Labute approximate surface area is 110 Å². The van der Waals surface area contributed by atoms with Crippen LogP contribution in [0.4, 0.5) is 17.6 Å². The van der Waals surface area contributed by atoms with E-state index in [2.05, 4.69) is 4.98 Å². The van der Waals surface area contributed by atoms with Crippen molar-refractivity contribution < 1.29 is 27.5 Å². The standard InChI is InChI=1S/C13H7F4NO2/c14-11-4-7(1-2-10(11)12(19)20)8-3-9(6-18-5-8)13(15,16)17/h1-6H,(H,19,20). The van der Waals surface area contributed by atoms with Crippen LogP contribution in [0.1, 0.15) is 15.9 Å². The van der Waals surface area contributed by atoms with Crippen molar-refractivity contribution in [1.29, 1.82) is 0 Å². The number of nitrogens with zero attached hydrogens (tertiary/aromatic N) is 1. The van der Waals surface area contributed by atoms with E-state index in [1.807, 2.05) is 0 Å². The molecular formula is C13H7F4NO2. The summed E-state index contributed by atoms with van der Waals surface area (Å²) in [6, 6.07) is 3.90. The van der Waals surface area contributed by atoms with Crippen LogP contribution in [0, 0.1) is 5.82 Å². The first kappa shape index (κ1) is 14.0. The van der Waals surface area contributed by atoms with E-state index in [9.17, 15) is 22.4 Å². The van der Waals surface area contributed by atoms with Crippen LogP contribution in [0.5, 0.6) is 0 Å². The van der Waals surface area contributed by atoms with Crippen molar-refractivity contribution in [3.05, 3.63) is 53.6 Å². The lowest BCUT2D eigenvalue weighted by atomic mass is 10.0. The van der Waals surface area contributed by atoms with E-state index in [-0.39, 0.29) is 11.1 Å². The molecule has 20 heavy (non-hydrogen) atoms. The van der Waals surface area contributed by atoms with Crippen LogP contribution >= 0.6 is 0 Å². The number of aromatic carboxylic acids is 1. The lowest BCUT2D eigenvalue weighted by Gasteiger charge is -2.08. The minimum absolute atomic E-state index is 0.0515. The number of carbonyl (C=O) groups is 1. The van der Waals surface area contributed by atoms with Gasteiger partial charge >= 0.3 is 12.1 Å². The van der Waals surface area contributed by atoms with Crippen molar-refractivity contribution >= 4 is 5.97 Å². The normalized spacial score (nSPS) is 11.4. The molecule has 1 N–H and O–H groups in total. The molecular weight excluding hydrogens is 278 g/mol. The van der Waals surface area contributed by atoms with E-state index >= 15 is 0 Å². The van der Waals surface area contributed by atoms with E-state index < -0.39 is 29.1 Å². The number of hydrogen-bond donors (Lipinski definition) is 1. The van der Waals surface area contributed by atoms with Gasteiger partial charge in [0.15, 0.2) is 0 Å². The summed E-state index contributed by atoms with van der Waals surface area (Å²) in [7, 11) is 0. The third-order valence-electron chi connectivity index (χ3n) is 2.60. The molecule has 1 aromatic carbocycles. The Bertz CT molecular complexity index is 668. The van der Waals surface area contributed by atoms with Crippen LogP contribution < -0.4 is 0 Å². The highest BCUT2D eigenvalue weighted by Crippen LogP contribution is 2.31. The van der Waals surface area contributed by atoms with Gasteiger partial charge in [0.25, 0.3) is 0 Å². The number of halogens is 4. The molecule has 2 rings (SSSR count). The van der Waals surface area contributed by atoms with Gasteiger partial charge in [-0.1, -0.05) is 6.07 Å². The van der Waals surface area contributed by atoms with Crippen LogP contribution in [0.25, 0.3) is 11.1 Å². The van der Waals surface area contributed by atoms with Crippen molar-refractivity contribution in [2.45, 2.75) is 6.18 Å². The van der Waals surface area contributed by atoms with E-state index in [4.69, 9.17) is 5.11 Å². The Hall–Kier alpha value is -2.44. The average Bonchev–Trinajstić information content (AvgIpc) is 2.37. The molecule has 0 aliphatic carbocycles. The van der Waals surface area contributed by atoms with Crippen LogP contribution in [0.15, 0.2) is 36.7 Å². The van der Waals surface area contributed by atoms with Crippen molar-refractivity contribution in [2.75, 3.05) is 0 Å². The molecule has 7 heteroatoms. The highest BCUT2D eigenvalue weighted by atomic mass is 19.4. The molecule has 0 spiro atoms. The van der Waals surface area contributed by atoms with Crippen molar-refractivity contribution in [3.63, 3.8) is 0 Å². The monoisotopic (exact) mass is 285 g/mol. The largest absolute Gasteiger partial charge is 0.478 e. The summed E-state index contributed by atoms with van der Waals surface area (Å²) in [5.41, 5.74) is -1.34. The van der Waals surface area contributed by atoms with Gasteiger partial charge in [-0.2, -0.15) is 13.2 Å². The van der Waals surface area contributed by atoms with E-state index in [1.54, 1.807) is 0 Å². The summed E-state index contributed by atoms with van der Waals surface area (Å²) < 4.78 is 51.1. The maximum atomic E-state index is 13.5. The predicted molar refractivity (Wildman–Crippen MR) is 61.6 cm³/mol. The van der Waals surface area contributed by atoms with Gasteiger partial charge in [-0.3, -0.25) is 4.98 Å². The molecule has 0 saturated carbocycles.